The van der Waals surface area contributed by atoms with Crippen LogP contribution in [-0.2, 0) is 21.8 Å². The van der Waals surface area contributed by atoms with Crippen molar-refractivity contribution in [3.8, 4) is 0 Å². The van der Waals surface area contributed by atoms with Gasteiger partial charge in [0.1, 0.15) is 0 Å². The molecule has 1 N–H and O–H groups in total. The van der Waals surface area contributed by atoms with Crippen LogP contribution in [0.1, 0.15) is 37.0 Å². The Kier molecular flexibility index (Phi) is 6.79. The number of halogens is 6. The number of benzene rings is 2. The first-order chi connectivity index (χ1) is 14.4. The molecule has 2 aromatic carbocycles. The number of carbonyl (C=O) groups is 1. The fourth-order valence-electron chi connectivity index (χ4n) is 3.12. The van der Waals surface area contributed by atoms with Crippen LogP contribution in [-0.4, -0.2) is 17.8 Å². The van der Waals surface area contributed by atoms with Gasteiger partial charge >= 0.3 is 6.18 Å². The molecule has 1 unspecified atom stereocenters. The van der Waals surface area contributed by atoms with Crippen LogP contribution in [0, 0.1) is 5.92 Å². The van der Waals surface area contributed by atoms with E-state index in [0.29, 0.717) is 16.1 Å². The van der Waals surface area contributed by atoms with Gasteiger partial charge in [-0.3, -0.25) is 4.79 Å². The Morgan fingerprint density at radius 3 is 2.39 bits per heavy atom. The zero-order valence-corrected chi connectivity index (χ0v) is 18.8. The average molecular weight is 494 g/mol. The van der Waals surface area contributed by atoms with Gasteiger partial charge in [0.25, 0.3) is 5.60 Å². The molecule has 3 rings (SSSR count). The van der Waals surface area contributed by atoms with Crippen LogP contribution in [0.4, 0.5) is 13.2 Å². The van der Waals surface area contributed by atoms with E-state index in [2.05, 4.69) is 10.5 Å². The van der Waals surface area contributed by atoms with E-state index in [0.717, 1.165) is 12.1 Å². The number of nitrogens with zero attached hydrogens (tertiary/aromatic N) is 1. The molecular weight excluding hydrogens is 476 g/mol. The lowest BCUT2D eigenvalue weighted by atomic mass is 9.86. The van der Waals surface area contributed by atoms with Crippen LogP contribution in [0.25, 0.3) is 0 Å². The molecule has 1 aliphatic rings. The van der Waals surface area contributed by atoms with E-state index in [1.54, 1.807) is 32.0 Å². The maximum atomic E-state index is 14.1. The van der Waals surface area contributed by atoms with Crippen molar-refractivity contribution < 1.29 is 22.8 Å². The molecule has 0 aromatic heterocycles. The van der Waals surface area contributed by atoms with Crippen molar-refractivity contribution in [3.05, 3.63) is 68.2 Å². The molecule has 31 heavy (non-hydrogen) atoms. The molecule has 0 spiro atoms. The van der Waals surface area contributed by atoms with Gasteiger partial charge in [0.05, 0.1) is 5.71 Å². The highest BCUT2D eigenvalue weighted by molar-refractivity contribution is 6.34. The summed E-state index contributed by atoms with van der Waals surface area (Å²) in [6, 6.07) is 8.34. The van der Waals surface area contributed by atoms with E-state index in [1.807, 2.05) is 0 Å². The zero-order chi connectivity index (χ0) is 23.0. The van der Waals surface area contributed by atoms with Crippen LogP contribution >= 0.6 is 34.8 Å². The highest BCUT2D eigenvalue weighted by Gasteiger charge is 2.62. The first-order valence-electron chi connectivity index (χ1n) is 9.28. The molecule has 4 nitrogen and oxygen atoms in total. The second-order valence-corrected chi connectivity index (χ2v) is 8.75. The van der Waals surface area contributed by atoms with E-state index in [-0.39, 0.29) is 39.7 Å². The topological polar surface area (TPSA) is 50.7 Å². The lowest BCUT2D eigenvalue weighted by molar-refractivity contribution is -0.275. The highest BCUT2D eigenvalue weighted by atomic mass is 35.5. The van der Waals surface area contributed by atoms with Gasteiger partial charge < -0.3 is 10.2 Å². The van der Waals surface area contributed by atoms with Crippen molar-refractivity contribution >= 4 is 46.4 Å². The minimum absolute atomic E-state index is 0.0536. The molecule has 10 heteroatoms. The van der Waals surface area contributed by atoms with Crippen LogP contribution in [0.5, 0.6) is 0 Å². The molecule has 1 heterocycles. The predicted molar refractivity (Wildman–Crippen MR) is 115 cm³/mol. The summed E-state index contributed by atoms with van der Waals surface area (Å²) >= 11 is 18.0. The third-order valence-electron chi connectivity index (χ3n) is 4.87. The normalized spacial score (nSPS) is 18.7. The number of hydrogen-bond acceptors (Lipinski definition) is 3. The maximum Gasteiger partial charge on any atom is 0.435 e. The van der Waals surface area contributed by atoms with Crippen molar-refractivity contribution in [2.24, 2.45) is 11.1 Å². The predicted octanol–water partition coefficient (Wildman–Crippen LogP) is 6.50. The van der Waals surface area contributed by atoms with E-state index in [4.69, 9.17) is 39.6 Å². The van der Waals surface area contributed by atoms with E-state index in [1.165, 1.54) is 6.07 Å². The Labute approximate surface area is 192 Å². The molecule has 2 aromatic rings. The molecule has 0 bridgehead atoms. The maximum absolute atomic E-state index is 14.1. The molecular formula is C21H18Cl3F3N2O2. The molecule has 1 aliphatic heterocycles. The average Bonchev–Trinajstić information content (AvgIpc) is 3.13. The molecule has 0 aliphatic carbocycles. The Morgan fingerprint density at radius 1 is 1.16 bits per heavy atom. The first-order valence-corrected chi connectivity index (χ1v) is 10.4. The summed E-state index contributed by atoms with van der Waals surface area (Å²) in [5.74, 6) is -0.386. The van der Waals surface area contributed by atoms with Crippen molar-refractivity contribution in [2.45, 2.75) is 38.6 Å². The summed E-state index contributed by atoms with van der Waals surface area (Å²) in [6.45, 7) is 3.62. The molecule has 0 radical (unpaired) electrons. The monoisotopic (exact) mass is 492 g/mol. The van der Waals surface area contributed by atoms with Gasteiger partial charge in [-0.1, -0.05) is 59.9 Å². The number of rotatable bonds is 5. The second-order valence-electron chi connectivity index (χ2n) is 7.47. The summed E-state index contributed by atoms with van der Waals surface area (Å²) in [6.07, 6.45) is -5.36. The Bertz CT molecular complexity index is 1020. The minimum atomic E-state index is -4.78. The molecule has 0 fully saturated rings. The Hall–Kier alpha value is -1.96. The smallest absolute Gasteiger partial charge is 0.374 e. The molecule has 1 amide bonds. The van der Waals surface area contributed by atoms with Gasteiger partial charge in [-0.15, -0.1) is 0 Å². The number of carbonyl (C=O) groups excluding carboxylic acids is 1. The Balaban J connectivity index is 1.92. The number of nitrogens with one attached hydrogen (secondary N) is 1. The first kappa shape index (κ1) is 23.7. The Morgan fingerprint density at radius 2 is 1.81 bits per heavy atom. The minimum Gasteiger partial charge on any atom is -0.374 e. The van der Waals surface area contributed by atoms with Crippen LogP contribution in [0.3, 0.4) is 0 Å². The largest absolute Gasteiger partial charge is 0.435 e. The van der Waals surface area contributed by atoms with Gasteiger partial charge in [0.2, 0.25) is 5.91 Å². The van der Waals surface area contributed by atoms with E-state index < -0.39 is 18.2 Å². The van der Waals surface area contributed by atoms with Crippen molar-refractivity contribution in [2.75, 3.05) is 0 Å². The quantitative estimate of drug-likeness (QED) is 0.517. The van der Waals surface area contributed by atoms with E-state index in [9.17, 15) is 18.0 Å². The summed E-state index contributed by atoms with van der Waals surface area (Å²) in [4.78, 5) is 16.8. The van der Waals surface area contributed by atoms with Crippen molar-refractivity contribution in [1.82, 2.24) is 5.32 Å². The lowest BCUT2D eigenvalue weighted by Crippen LogP contribution is -2.42. The summed E-state index contributed by atoms with van der Waals surface area (Å²) in [5, 5.41) is 6.95. The van der Waals surface area contributed by atoms with Crippen LogP contribution < -0.4 is 5.32 Å². The molecule has 166 valence electrons. The molecule has 0 saturated carbocycles. The highest BCUT2D eigenvalue weighted by Crippen LogP contribution is 2.49. The zero-order valence-electron chi connectivity index (χ0n) is 16.5. The third-order valence-corrected chi connectivity index (χ3v) is 5.68. The third kappa shape index (κ3) is 4.94. The molecule has 1 atom stereocenters. The fraction of sp³-hybridized carbons (Fsp3) is 0.333. The van der Waals surface area contributed by atoms with Gasteiger partial charge in [-0.2, -0.15) is 13.2 Å². The van der Waals surface area contributed by atoms with Crippen LogP contribution in [0.15, 0.2) is 41.6 Å². The van der Waals surface area contributed by atoms with Crippen molar-refractivity contribution in [3.63, 3.8) is 0 Å². The fourth-order valence-corrected chi connectivity index (χ4v) is 3.83. The SMILES string of the molecule is CC(C)C(=O)NCc1cc(C2=NOC(c3cc(Cl)cc(Cl)c3)(C(F)(F)F)C2)ccc1Cl. The van der Waals surface area contributed by atoms with Gasteiger partial charge in [0, 0.05) is 39.5 Å². The second kappa shape index (κ2) is 8.88. The van der Waals surface area contributed by atoms with E-state index >= 15 is 0 Å². The lowest BCUT2D eigenvalue weighted by Gasteiger charge is -2.29. The van der Waals surface area contributed by atoms with Gasteiger partial charge in [0.15, 0.2) is 0 Å². The number of alkyl halides is 3. The van der Waals surface area contributed by atoms with Gasteiger partial charge in [-0.05, 0) is 41.5 Å². The molecule has 0 saturated heterocycles. The standard InChI is InChI=1S/C21H18Cl3F3N2O2/c1-11(2)19(30)28-10-13-5-12(3-4-17(13)24)18-9-20(31-29-18,21(25,26)27)14-6-15(22)8-16(23)7-14/h3-8,11H,9-10H2,1-2H3,(H,28,30). The van der Waals surface area contributed by atoms with Crippen LogP contribution in [0.2, 0.25) is 15.1 Å². The number of hydrogen-bond donors (Lipinski definition) is 1. The summed E-state index contributed by atoms with van der Waals surface area (Å²) in [7, 11) is 0. The summed E-state index contributed by atoms with van der Waals surface area (Å²) in [5.41, 5.74) is -1.93. The van der Waals surface area contributed by atoms with Gasteiger partial charge in [-0.25, -0.2) is 0 Å². The number of amides is 1. The number of oxime groups is 1. The van der Waals surface area contributed by atoms with Crippen molar-refractivity contribution in [1.29, 1.82) is 0 Å². The summed E-state index contributed by atoms with van der Waals surface area (Å²) < 4.78 is 42.4.